The van der Waals surface area contributed by atoms with Gasteiger partial charge in [0.1, 0.15) is 5.60 Å². The van der Waals surface area contributed by atoms with Gasteiger partial charge in [-0.1, -0.05) is 61.7 Å². The van der Waals surface area contributed by atoms with Crippen molar-refractivity contribution < 1.29 is 19.8 Å². The molecule has 0 aliphatic heterocycles. The molecule has 6 unspecified atom stereocenters. The minimum atomic E-state index is -1.53. The van der Waals surface area contributed by atoms with Gasteiger partial charge in [0.05, 0.1) is 21.9 Å². The molecule has 35 heavy (non-hydrogen) atoms. The maximum absolute atomic E-state index is 13.7. The van der Waals surface area contributed by atoms with Crippen LogP contribution in [-0.2, 0) is 9.59 Å². The summed E-state index contributed by atoms with van der Waals surface area (Å²) in [5.41, 5.74) is -1.53. The van der Waals surface area contributed by atoms with E-state index >= 15 is 0 Å². The number of Topliss-reactive ketones (excluding diaryl/α,β-unsaturated/α-hetero) is 1. The predicted molar refractivity (Wildman–Crippen MR) is 140 cm³/mol. The van der Waals surface area contributed by atoms with E-state index in [1.165, 1.54) is 11.8 Å². The summed E-state index contributed by atoms with van der Waals surface area (Å²) in [5, 5.41) is 24.5. The smallest absolute Gasteiger partial charge is 0.178 e. The van der Waals surface area contributed by atoms with Gasteiger partial charge in [-0.25, -0.2) is 0 Å². The van der Waals surface area contributed by atoms with Crippen LogP contribution < -0.4 is 0 Å². The monoisotopic (exact) mass is 534 g/mol. The average Bonchev–Trinajstić information content (AvgIpc) is 3.01. The van der Waals surface area contributed by atoms with Crippen LogP contribution in [0.5, 0.6) is 0 Å². The van der Waals surface area contributed by atoms with Gasteiger partial charge in [0.2, 0.25) is 0 Å². The van der Waals surface area contributed by atoms with Crippen molar-refractivity contribution in [1.82, 2.24) is 0 Å². The molecule has 2 N–H and O–H groups in total. The molecule has 4 aliphatic rings. The number of carbonyl (C=O) groups is 2. The van der Waals surface area contributed by atoms with Crippen molar-refractivity contribution >= 4 is 46.5 Å². The number of fused-ring (bicyclic) bond motifs is 5. The van der Waals surface area contributed by atoms with E-state index in [1.54, 1.807) is 24.3 Å². The second kappa shape index (κ2) is 8.73. The van der Waals surface area contributed by atoms with Crippen molar-refractivity contribution in [3.05, 3.63) is 52.0 Å². The number of rotatable bonds is 4. The van der Waals surface area contributed by atoms with Crippen LogP contribution in [0.3, 0.4) is 0 Å². The first-order valence-corrected chi connectivity index (χ1v) is 14.1. The molecular formula is C28H32Cl2O4S. The number of aliphatic hydroxyl groups is 2. The van der Waals surface area contributed by atoms with Crippen molar-refractivity contribution in [2.75, 3.05) is 5.75 Å². The number of carbonyl (C=O) groups excluding carboxylic acids is 2. The Morgan fingerprint density at radius 1 is 1.26 bits per heavy atom. The van der Waals surface area contributed by atoms with Crippen LogP contribution in [0.25, 0.3) is 0 Å². The fourth-order valence-electron chi connectivity index (χ4n) is 8.10. The lowest BCUT2D eigenvalue weighted by molar-refractivity contribution is -0.179. The van der Waals surface area contributed by atoms with Crippen LogP contribution in [0, 0.1) is 34.5 Å². The highest BCUT2D eigenvalue weighted by molar-refractivity contribution is 8.00. The van der Waals surface area contributed by atoms with E-state index in [-0.39, 0.29) is 46.4 Å². The minimum Gasteiger partial charge on any atom is -0.393 e. The molecule has 5 rings (SSSR count). The number of thioether (sulfide) groups is 1. The third-order valence-corrected chi connectivity index (χ3v) is 11.8. The largest absolute Gasteiger partial charge is 0.393 e. The van der Waals surface area contributed by atoms with Gasteiger partial charge in [0.25, 0.3) is 0 Å². The fraction of sp³-hybridized carbons (Fsp3) is 0.571. The first-order chi connectivity index (χ1) is 16.4. The number of aliphatic hydroxyl groups excluding tert-OH is 1. The molecule has 0 saturated heterocycles. The molecule has 3 saturated carbocycles. The summed E-state index contributed by atoms with van der Waals surface area (Å²) in [7, 11) is 0. The molecular weight excluding hydrogens is 503 g/mol. The molecule has 0 radical (unpaired) electrons. The van der Waals surface area contributed by atoms with E-state index in [2.05, 4.69) is 6.92 Å². The predicted octanol–water partition coefficient (Wildman–Crippen LogP) is 5.91. The number of benzene rings is 1. The number of hydrogen-bond acceptors (Lipinski definition) is 5. The molecule has 0 spiro atoms. The van der Waals surface area contributed by atoms with Gasteiger partial charge in [-0.3, -0.25) is 9.59 Å². The summed E-state index contributed by atoms with van der Waals surface area (Å²) in [6.07, 6.45) is 7.44. The Morgan fingerprint density at radius 3 is 2.74 bits per heavy atom. The second-order valence-corrected chi connectivity index (χ2v) is 13.2. The Kier molecular flexibility index (Phi) is 6.37. The van der Waals surface area contributed by atoms with Crippen molar-refractivity contribution in [2.45, 2.75) is 63.1 Å². The van der Waals surface area contributed by atoms with Crippen LogP contribution in [-0.4, -0.2) is 39.2 Å². The highest BCUT2D eigenvalue weighted by atomic mass is 35.5. The molecule has 4 aliphatic carbocycles. The van der Waals surface area contributed by atoms with Gasteiger partial charge in [-0.05, 0) is 67.7 Å². The third kappa shape index (κ3) is 3.64. The molecule has 0 bridgehead atoms. The maximum atomic E-state index is 13.7. The zero-order valence-corrected chi connectivity index (χ0v) is 22.6. The van der Waals surface area contributed by atoms with Crippen molar-refractivity contribution in [3.8, 4) is 0 Å². The minimum absolute atomic E-state index is 0.0119. The second-order valence-electron chi connectivity index (χ2n) is 11.4. The summed E-state index contributed by atoms with van der Waals surface area (Å²) >= 11 is 13.8. The maximum Gasteiger partial charge on any atom is 0.178 e. The molecule has 0 heterocycles. The molecule has 0 amide bonds. The van der Waals surface area contributed by atoms with E-state index in [0.29, 0.717) is 21.4 Å². The molecule has 7 heteroatoms. The Balaban J connectivity index is 1.44. The van der Waals surface area contributed by atoms with Gasteiger partial charge in [-0.2, -0.15) is 0 Å². The fourth-order valence-corrected chi connectivity index (χ4v) is 9.54. The van der Waals surface area contributed by atoms with Crippen LogP contribution in [0.1, 0.15) is 46.5 Å². The molecule has 8 atom stereocenters. The Hall–Kier alpha value is -1.11. The summed E-state index contributed by atoms with van der Waals surface area (Å²) in [4.78, 5) is 26.5. The molecule has 1 aromatic carbocycles. The third-order valence-electron chi connectivity index (χ3n) is 9.78. The van der Waals surface area contributed by atoms with Crippen molar-refractivity contribution in [2.24, 2.45) is 34.5 Å². The van der Waals surface area contributed by atoms with Crippen molar-refractivity contribution in [3.63, 3.8) is 0 Å². The molecule has 188 valence electrons. The normalized spacial score (nSPS) is 42.2. The summed E-state index contributed by atoms with van der Waals surface area (Å²) in [6, 6.07) is 5.32. The SMILES string of the molecule is C[C@@H]1CC2C3CCC4=CC(=O)C=CC4(C)C3C(O)CC2(C)[C@@]1(O)C(=O)CSc1cccc(Cl)c1Cl. The van der Waals surface area contributed by atoms with E-state index in [1.807, 2.05) is 26.0 Å². The summed E-state index contributed by atoms with van der Waals surface area (Å²) < 4.78 is 0. The average molecular weight is 536 g/mol. The topological polar surface area (TPSA) is 74.6 Å². The zero-order valence-electron chi connectivity index (χ0n) is 20.3. The molecule has 4 nitrogen and oxygen atoms in total. The first kappa shape index (κ1) is 25.5. The standard InChI is InChI=1S/C28H32Cl2O4S/c1-15-11-19-18-8-7-16-12-17(31)9-10-26(16,2)24(18)21(32)13-27(19,3)28(15,34)23(33)14-35-22-6-4-5-20(29)25(22)30/h4-6,9-10,12,15,18-19,21,24,32,34H,7-8,11,13-14H2,1-3H3/t15-,18?,19?,21?,24?,26?,27?,28+/m1/s1. The van der Waals surface area contributed by atoms with Crippen LogP contribution >= 0.6 is 35.0 Å². The van der Waals surface area contributed by atoms with E-state index in [9.17, 15) is 19.8 Å². The molecule has 1 aromatic rings. The lowest BCUT2D eigenvalue weighted by Gasteiger charge is -2.59. The lowest BCUT2D eigenvalue weighted by atomic mass is 9.46. The van der Waals surface area contributed by atoms with E-state index < -0.39 is 17.1 Å². The van der Waals surface area contributed by atoms with E-state index in [0.717, 1.165) is 24.8 Å². The van der Waals surface area contributed by atoms with Gasteiger partial charge in [-0.15, -0.1) is 11.8 Å². The van der Waals surface area contributed by atoms with Crippen molar-refractivity contribution in [1.29, 1.82) is 0 Å². The van der Waals surface area contributed by atoms with Crippen LogP contribution in [0.15, 0.2) is 46.9 Å². The van der Waals surface area contributed by atoms with E-state index in [4.69, 9.17) is 23.2 Å². The zero-order chi connectivity index (χ0) is 25.3. The van der Waals surface area contributed by atoms with Crippen LogP contribution in [0.2, 0.25) is 10.0 Å². The highest BCUT2D eigenvalue weighted by Crippen LogP contribution is 2.68. The number of ketones is 2. The quantitative estimate of drug-likeness (QED) is 0.469. The molecule has 0 aromatic heterocycles. The summed E-state index contributed by atoms with van der Waals surface area (Å²) in [6.45, 7) is 6.10. The van der Waals surface area contributed by atoms with Gasteiger partial charge in [0.15, 0.2) is 11.6 Å². The number of hydrogen-bond donors (Lipinski definition) is 2. The highest BCUT2D eigenvalue weighted by Gasteiger charge is 2.70. The first-order valence-electron chi connectivity index (χ1n) is 12.4. The Morgan fingerprint density at radius 2 is 2.00 bits per heavy atom. The van der Waals surface area contributed by atoms with Gasteiger partial charge in [0, 0.05) is 21.6 Å². The van der Waals surface area contributed by atoms with Gasteiger partial charge >= 0.3 is 0 Å². The number of halogens is 2. The number of allylic oxidation sites excluding steroid dienone is 4. The Labute approximate surface area is 221 Å². The summed E-state index contributed by atoms with van der Waals surface area (Å²) in [5.74, 6) is -0.0887. The Bertz CT molecular complexity index is 1150. The lowest BCUT2D eigenvalue weighted by Crippen LogP contribution is -2.62. The van der Waals surface area contributed by atoms with Crippen LogP contribution in [0.4, 0.5) is 0 Å². The van der Waals surface area contributed by atoms with Gasteiger partial charge < -0.3 is 10.2 Å². The molecule has 3 fully saturated rings.